The maximum atomic E-state index is 13.5. The molecule has 0 saturated carbocycles. The number of rotatable bonds is 3. The van der Waals surface area contributed by atoms with Gasteiger partial charge in [-0.25, -0.2) is 8.78 Å². The molecule has 1 aromatic carbocycles. The van der Waals surface area contributed by atoms with Gasteiger partial charge in [-0.1, -0.05) is 0 Å². The largest absolute Gasteiger partial charge is 0.432 e. The van der Waals surface area contributed by atoms with Gasteiger partial charge in [-0.2, -0.15) is 4.98 Å². The van der Waals surface area contributed by atoms with Crippen LogP contribution < -0.4 is 5.32 Å². The monoisotopic (exact) mass is 314 g/mol. The van der Waals surface area contributed by atoms with Gasteiger partial charge in [0.15, 0.2) is 5.69 Å². The van der Waals surface area contributed by atoms with Gasteiger partial charge in [-0.15, -0.1) is 0 Å². The predicted molar refractivity (Wildman–Crippen MR) is 73.2 cm³/mol. The highest BCUT2D eigenvalue weighted by molar-refractivity contribution is 6.27. The number of carbonyl (C=O) groups excluding carboxylic acids is 1. The lowest BCUT2D eigenvalue weighted by atomic mass is 10.1. The van der Waals surface area contributed by atoms with Crippen molar-refractivity contribution >= 4 is 17.5 Å². The normalized spacial score (nSPS) is 12.3. The van der Waals surface area contributed by atoms with E-state index >= 15 is 0 Å². The van der Waals surface area contributed by atoms with Crippen molar-refractivity contribution in [2.24, 2.45) is 0 Å². The van der Waals surface area contributed by atoms with Crippen molar-refractivity contribution in [1.82, 2.24) is 10.3 Å². The summed E-state index contributed by atoms with van der Waals surface area (Å²) in [6.45, 7) is 4.50. The number of halogens is 3. The quantitative estimate of drug-likeness (QED) is 0.939. The first kappa shape index (κ1) is 15.4. The van der Waals surface area contributed by atoms with E-state index in [2.05, 4.69) is 10.3 Å². The summed E-state index contributed by atoms with van der Waals surface area (Å²) in [5.41, 5.74) is 0.299. The SMILES string of the molecule is Cc1oc(Cl)nc1C(=O)NC(C)c1cc(F)c(C)c(F)c1. The number of hydrogen-bond donors (Lipinski definition) is 1. The van der Waals surface area contributed by atoms with Crippen molar-refractivity contribution < 1.29 is 18.0 Å². The summed E-state index contributed by atoms with van der Waals surface area (Å²) in [5, 5.41) is 2.45. The minimum atomic E-state index is -0.660. The second-order valence-corrected chi connectivity index (χ2v) is 5.00. The molecule has 1 aromatic heterocycles. The third kappa shape index (κ3) is 3.21. The van der Waals surface area contributed by atoms with Gasteiger partial charge in [0.2, 0.25) is 0 Å². The van der Waals surface area contributed by atoms with Gasteiger partial charge in [-0.3, -0.25) is 4.79 Å². The molecule has 0 aliphatic rings. The van der Waals surface area contributed by atoms with Crippen LogP contribution in [0.4, 0.5) is 8.78 Å². The number of aryl methyl sites for hydroxylation is 1. The summed E-state index contributed by atoms with van der Waals surface area (Å²) in [4.78, 5) is 15.8. The molecule has 0 saturated heterocycles. The minimum Gasteiger partial charge on any atom is -0.432 e. The Labute approximate surface area is 125 Å². The molecule has 1 heterocycles. The van der Waals surface area contributed by atoms with Crippen LogP contribution in [0.15, 0.2) is 16.5 Å². The van der Waals surface area contributed by atoms with E-state index in [-0.39, 0.29) is 22.4 Å². The molecule has 1 unspecified atom stereocenters. The number of amides is 1. The highest BCUT2D eigenvalue weighted by atomic mass is 35.5. The average Bonchev–Trinajstić information content (AvgIpc) is 2.74. The van der Waals surface area contributed by atoms with E-state index in [4.69, 9.17) is 16.0 Å². The van der Waals surface area contributed by atoms with Gasteiger partial charge in [-0.05, 0) is 50.1 Å². The van der Waals surface area contributed by atoms with E-state index in [1.54, 1.807) is 13.8 Å². The van der Waals surface area contributed by atoms with Crippen molar-refractivity contribution in [3.63, 3.8) is 0 Å². The van der Waals surface area contributed by atoms with E-state index in [1.165, 1.54) is 19.1 Å². The second kappa shape index (κ2) is 5.81. The molecule has 0 aliphatic carbocycles. The molecule has 0 radical (unpaired) electrons. The van der Waals surface area contributed by atoms with E-state index in [9.17, 15) is 13.6 Å². The Balaban J connectivity index is 2.20. The van der Waals surface area contributed by atoms with Crippen LogP contribution in [0.5, 0.6) is 0 Å². The minimum absolute atomic E-state index is 0.0416. The average molecular weight is 315 g/mol. The summed E-state index contributed by atoms with van der Waals surface area (Å²) in [7, 11) is 0. The molecule has 0 fully saturated rings. The van der Waals surface area contributed by atoms with Crippen molar-refractivity contribution in [2.45, 2.75) is 26.8 Å². The fraction of sp³-hybridized carbons (Fsp3) is 0.286. The van der Waals surface area contributed by atoms with E-state index < -0.39 is 23.6 Å². The number of nitrogens with one attached hydrogen (secondary N) is 1. The third-order valence-electron chi connectivity index (χ3n) is 3.14. The molecule has 7 heteroatoms. The van der Waals surface area contributed by atoms with Crippen LogP contribution >= 0.6 is 11.6 Å². The molecule has 4 nitrogen and oxygen atoms in total. The van der Waals surface area contributed by atoms with Crippen LogP contribution in [0.2, 0.25) is 5.35 Å². The fourth-order valence-corrected chi connectivity index (χ4v) is 2.04. The van der Waals surface area contributed by atoms with Crippen molar-refractivity contribution in [3.05, 3.63) is 51.7 Å². The number of hydrogen-bond acceptors (Lipinski definition) is 3. The van der Waals surface area contributed by atoms with Crippen LogP contribution in [0.25, 0.3) is 0 Å². The molecule has 2 rings (SSSR count). The summed E-state index contributed by atoms with van der Waals surface area (Å²) < 4.78 is 32.0. The van der Waals surface area contributed by atoms with E-state index in [0.29, 0.717) is 5.56 Å². The van der Waals surface area contributed by atoms with Crippen molar-refractivity contribution in [1.29, 1.82) is 0 Å². The zero-order valence-corrected chi connectivity index (χ0v) is 12.4. The molecule has 2 aromatic rings. The molecule has 1 N–H and O–H groups in total. The topological polar surface area (TPSA) is 55.1 Å². The molecule has 21 heavy (non-hydrogen) atoms. The van der Waals surface area contributed by atoms with Crippen molar-refractivity contribution in [3.8, 4) is 0 Å². The Kier molecular flexibility index (Phi) is 4.27. The maximum absolute atomic E-state index is 13.5. The van der Waals surface area contributed by atoms with Gasteiger partial charge >= 0.3 is 0 Å². The first-order valence-electron chi connectivity index (χ1n) is 6.19. The smallest absolute Gasteiger partial charge is 0.293 e. The summed E-state index contributed by atoms with van der Waals surface area (Å²) in [5.74, 6) is -1.58. The highest BCUT2D eigenvalue weighted by Gasteiger charge is 2.20. The molecule has 112 valence electrons. The first-order chi connectivity index (χ1) is 9.79. The summed E-state index contributed by atoms with van der Waals surface area (Å²) in [6.07, 6.45) is 0. The zero-order chi connectivity index (χ0) is 15.7. The number of aromatic nitrogens is 1. The van der Waals surface area contributed by atoms with Gasteiger partial charge in [0, 0.05) is 5.56 Å². The molecule has 0 aliphatic heterocycles. The Bertz CT molecular complexity index is 677. The maximum Gasteiger partial charge on any atom is 0.293 e. The lowest BCUT2D eigenvalue weighted by Crippen LogP contribution is -2.27. The van der Waals surface area contributed by atoms with Crippen LogP contribution in [-0.4, -0.2) is 10.9 Å². The van der Waals surface area contributed by atoms with Crippen LogP contribution in [0.3, 0.4) is 0 Å². The fourth-order valence-electron chi connectivity index (χ4n) is 1.84. The molecule has 1 amide bonds. The number of nitrogens with zero attached hydrogens (tertiary/aromatic N) is 1. The number of benzene rings is 1. The molecule has 1 atom stereocenters. The summed E-state index contributed by atoms with van der Waals surface area (Å²) >= 11 is 5.57. The Morgan fingerprint density at radius 3 is 2.38 bits per heavy atom. The molecular formula is C14H13ClF2N2O2. The molecule has 0 spiro atoms. The standard InChI is InChI=1S/C14H13ClF2N2O2/c1-6-10(16)4-9(5-11(6)17)7(2)18-13(20)12-8(3)21-14(15)19-12/h4-5,7H,1-3H3,(H,18,20). The van der Waals surface area contributed by atoms with Gasteiger partial charge in [0.25, 0.3) is 11.3 Å². The van der Waals surface area contributed by atoms with Gasteiger partial charge < -0.3 is 9.73 Å². The lowest BCUT2D eigenvalue weighted by molar-refractivity contribution is 0.0933. The van der Waals surface area contributed by atoms with E-state index in [0.717, 1.165) is 0 Å². The Morgan fingerprint density at radius 1 is 1.33 bits per heavy atom. The number of carbonyl (C=O) groups is 1. The third-order valence-corrected chi connectivity index (χ3v) is 3.30. The van der Waals surface area contributed by atoms with Crippen LogP contribution in [-0.2, 0) is 0 Å². The summed E-state index contributed by atoms with van der Waals surface area (Å²) in [6, 6.07) is 1.77. The van der Waals surface area contributed by atoms with Crippen molar-refractivity contribution in [2.75, 3.05) is 0 Å². The van der Waals surface area contributed by atoms with Gasteiger partial charge in [0.05, 0.1) is 6.04 Å². The van der Waals surface area contributed by atoms with Crippen LogP contribution in [0.1, 0.15) is 40.3 Å². The first-order valence-corrected chi connectivity index (χ1v) is 6.56. The zero-order valence-electron chi connectivity index (χ0n) is 11.6. The molecular weight excluding hydrogens is 302 g/mol. The predicted octanol–water partition coefficient (Wildman–Crippen LogP) is 3.71. The van der Waals surface area contributed by atoms with Crippen LogP contribution in [0, 0.1) is 25.5 Å². The Hall–Kier alpha value is -1.95. The van der Waals surface area contributed by atoms with E-state index in [1.807, 2.05) is 0 Å². The highest BCUT2D eigenvalue weighted by Crippen LogP contribution is 2.21. The number of oxazole rings is 1. The molecule has 0 bridgehead atoms. The lowest BCUT2D eigenvalue weighted by Gasteiger charge is -2.14. The Morgan fingerprint density at radius 2 is 1.90 bits per heavy atom. The van der Waals surface area contributed by atoms with Gasteiger partial charge in [0.1, 0.15) is 17.4 Å². The second-order valence-electron chi connectivity index (χ2n) is 4.68.